The first-order valence-electron chi connectivity index (χ1n) is 11.5. The highest BCUT2D eigenvalue weighted by atomic mass is 16.5. The molecule has 4 heteroatoms. The van der Waals surface area contributed by atoms with Crippen LogP contribution in [0, 0.1) is 6.92 Å². The average molecular weight is 429 g/mol. The number of carbonyl (C=O) groups is 1. The summed E-state index contributed by atoms with van der Waals surface area (Å²) in [5.41, 5.74) is 6.00. The molecular formula is C28H32N2O2. The number of aromatic nitrogens is 1. The third-order valence-electron chi connectivity index (χ3n) is 6.33. The lowest BCUT2D eigenvalue weighted by atomic mass is 9.93. The number of pyridine rings is 1. The van der Waals surface area contributed by atoms with Crippen LogP contribution in [0.4, 0.5) is 0 Å². The van der Waals surface area contributed by atoms with Crippen molar-refractivity contribution in [1.82, 2.24) is 9.88 Å². The summed E-state index contributed by atoms with van der Waals surface area (Å²) in [4.78, 5) is 19.7. The number of nitrogens with zero attached hydrogens (tertiary/aromatic N) is 2. The molecule has 0 unspecified atom stereocenters. The van der Waals surface area contributed by atoms with Gasteiger partial charge in [-0.3, -0.25) is 9.78 Å². The van der Waals surface area contributed by atoms with E-state index in [1.54, 1.807) is 7.11 Å². The molecule has 166 valence electrons. The van der Waals surface area contributed by atoms with E-state index in [2.05, 4.69) is 43.3 Å². The molecule has 1 amide bonds. The summed E-state index contributed by atoms with van der Waals surface area (Å²) < 4.78 is 5.42. The van der Waals surface area contributed by atoms with Gasteiger partial charge in [0, 0.05) is 37.3 Å². The Balaban J connectivity index is 1.34. The van der Waals surface area contributed by atoms with Gasteiger partial charge < -0.3 is 9.64 Å². The molecule has 1 fully saturated rings. The Morgan fingerprint density at radius 1 is 1.09 bits per heavy atom. The summed E-state index contributed by atoms with van der Waals surface area (Å²) in [6, 6.07) is 20.9. The fourth-order valence-corrected chi connectivity index (χ4v) is 4.59. The van der Waals surface area contributed by atoms with Gasteiger partial charge in [0.05, 0.1) is 7.11 Å². The molecule has 1 saturated heterocycles. The van der Waals surface area contributed by atoms with Gasteiger partial charge in [0.15, 0.2) is 0 Å². The van der Waals surface area contributed by atoms with Crippen LogP contribution in [0.25, 0.3) is 0 Å². The van der Waals surface area contributed by atoms with Crippen molar-refractivity contribution in [3.63, 3.8) is 0 Å². The van der Waals surface area contributed by atoms with Crippen molar-refractivity contribution in [3.05, 3.63) is 94.8 Å². The summed E-state index contributed by atoms with van der Waals surface area (Å²) in [5, 5.41) is 0. The van der Waals surface area contributed by atoms with E-state index in [-0.39, 0.29) is 5.91 Å². The highest BCUT2D eigenvalue weighted by Crippen LogP contribution is 2.27. The van der Waals surface area contributed by atoms with Gasteiger partial charge in [0.25, 0.3) is 0 Å². The molecule has 2 aromatic carbocycles. The van der Waals surface area contributed by atoms with Crippen molar-refractivity contribution in [1.29, 1.82) is 0 Å². The normalized spacial score (nSPS) is 16.1. The van der Waals surface area contributed by atoms with Crippen LogP contribution in [-0.2, 0) is 17.6 Å². The molecule has 32 heavy (non-hydrogen) atoms. The van der Waals surface area contributed by atoms with E-state index in [0.717, 1.165) is 49.4 Å². The second-order valence-corrected chi connectivity index (χ2v) is 8.75. The zero-order valence-electron chi connectivity index (χ0n) is 19.1. The van der Waals surface area contributed by atoms with Gasteiger partial charge in [-0.05, 0) is 61.4 Å². The molecule has 0 N–H and O–H groups in total. The lowest BCUT2D eigenvalue weighted by molar-refractivity contribution is -0.132. The third kappa shape index (κ3) is 5.56. The van der Waals surface area contributed by atoms with E-state index >= 15 is 0 Å². The Labute approximate surface area is 191 Å². The van der Waals surface area contributed by atoms with E-state index in [4.69, 9.17) is 9.72 Å². The number of ether oxygens (including phenoxy) is 1. The smallest absolute Gasteiger partial charge is 0.222 e. The van der Waals surface area contributed by atoms with Gasteiger partial charge in [0.2, 0.25) is 5.91 Å². The van der Waals surface area contributed by atoms with Gasteiger partial charge in [-0.25, -0.2) is 0 Å². The maximum Gasteiger partial charge on any atom is 0.222 e. The Morgan fingerprint density at radius 2 is 1.97 bits per heavy atom. The topological polar surface area (TPSA) is 42.4 Å². The molecule has 4 nitrogen and oxygen atoms in total. The van der Waals surface area contributed by atoms with E-state index in [9.17, 15) is 4.79 Å². The van der Waals surface area contributed by atoms with Crippen LogP contribution in [0.2, 0.25) is 0 Å². The molecular weight excluding hydrogens is 396 g/mol. The molecule has 0 saturated carbocycles. The molecule has 2 heterocycles. The fourth-order valence-electron chi connectivity index (χ4n) is 4.59. The molecule has 0 spiro atoms. The maximum atomic E-state index is 12.9. The number of carbonyl (C=O) groups excluding carboxylic acids is 1. The van der Waals surface area contributed by atoms with Crippen LogP contribution in [0.5, 0.6) is 5.75 Å². The minimum Gasteiger partial charge on any atom is -0.496 e. The van der Waals surface area contributed by atoms with Crippen LogP contribution in [0.3, 0.4) is 0 Å². The molecule has 4 rings (SSSR count). The Hall–Kier alpha value is -3.14. The summed E-state index contributed by atoms with van der Waals surface area (Å²) >= 11 is 0. The number of hydrogen-bond acceptors (Lipinski definition) is 3. The average Bonchev–Trinajstić information content (AvgIpc) is 2.83. The van der Waals surface area contributed by atoms with Crippen molar-refractivity contribution in [3.8, 4) is 5.75 Å². The molecule has 3 aromatic rings. The predicted molar refractivity (Wildman–Crippen MR) is 128 cm³/mol. The first-order chi connectivity index (χ1) is 15.6. The number of likely N-dealkylation sites (tertiary alicyclic amines) is 1. The number of rotatable bonds is 7. The fraction of sp³-hybridized carbons (Fsp3) is 0.357. The van der Waals surface area contributed by atoms with Crippen LogP contribution in [0.1, 0.15) is 53.1 Å². The zero-order valence-corrected chi connectivity index (χ0v) is 19.1. The Kier molecular flexibility index (Phi) is 7.21. The predicted octanol–water partition coefficient (Wildman–Crippen LogP) is 5.33. The minimum absolute atomic E-state index is 0.219. The quantitative estimate of drug-likeness (QED) is 0.511. The highest BCUT2D eigenvalue weighted by molar-refractivity contribution is 5.76. The monoisotopic (exact) mass is 428 g/mol. The second-order valence-electron chi connectivity index (χ2n) is 8.75. The summed E-state index contributed by atoms with van der Waals surface area (Å²) in [5.74, 6) is 1.38. The maximum absolute atomic E-state index is 12.9. The number of piperidine rings is 1. The van der Waals surface area contributed by atoms with Crippen LogP contribution in [-0.4, -0.2) is 36.0 Å². The molecule has 0 aliphatic carbocycles. The standard InChI is InChI=1S/C28H32N2O2/c1-21-7-5-8-22(17-21)18-23-12-14-26(29-19-23)25-10-6-16-30(20-25)28(31)15-13-24-9-3-4-11-27(24)32-2/h3-5,7-9,11-12,14,17,19,25H,6,10,13,15-16,18,20H2,1-2H3/t25-/m1/s1. The molecule has 1 aromatic heterocycles. The van der Waals surface area contributed by atoms with Crippen LogP contribution >= 0.6 is 0 Å². The number of benzene rings is 2. The molecule has 0 bridgehead atoms. The lowest BCUT2D eigenvalue weighted by Crippen LogP contribution is -2.39. The van der Waals surface area contributed by atoms with Gasteiger partial charge in [-0.1, -0.05) is 54.1 Å². The number of para-hydroxylation sites is 1. The zero-order chi connectivity index (χ0) is 22.3. The summed E-state index contributed by atoms with van der Waals surface area (Å²) in [6.07, 6.45) is 6.22. The number of methoxy groups -OCH3 is 1. The minimum atomic E-state index is 0.219. The van der Waals surface area contributed by atoms with Crippen molar-refractivity contribution in [2.75, 3.05) is 20.2 Å². The molecule has 1 aliphatic rings. The molecule has 1 atom stereocenters. The molecule has 0 radical (unpaired) electrons. The molecule has 1 aliphatic heterocycles. The SMILES string of the molecule is COc1ccccc1CCC(=O)N1CCC[C@@H](c2ccc(Cc3cccc(C)c3)cn2)C1. The van der Waals surface area contributed by atoms with E-state index in [0.29, 0.717) is 18.8 Å². The number of hydrogen-bond donors (Lipinski definition) is 0. The summed E-state index contributed by atoms with van der Waals surface area (Å²) in [6.45, 7) is 3.72. The van der Waals surface area contributed by atoms with Crippen molar-refractivity contribution < 1.29 is 9.53 Å². The highest BCUT2D eigenvalue weighted by Gasteiger charge is 2.25. The van der Waals surface area contributed by atoms with Crippen molar-refractivity contribution in [2.45, 2.75) is 44.9 Å². The van der Waals surface area contributed by atoms with Gasteiger partial charge in [-0.15, -0.1) is 0 Å². The lowest BCUT2D eigenvalue weighted by Gasteiger charge is -2.32. The van der Waals surface area contributed by atoms with Gasteiger partial charge >= 0.3 is 0 Å². The van der Waals surface area contributed by atoms with Crippen LogP contribution in [0.15, 0.2) is 66.9 Å². The van der Waals surface area contributed by atoms with Gasteiger partial charge in [0.1, 0.15) is 5.75 Å². The number of amides is 1. The third-order valence-corrected chi connectivity index (χ3v) is 6.33. The van der Waals surface area contributed by atoms with E-state index in [1.807, 2.05) is 35.4 Å². The van der Waals surface area contributed by atoms with Gasteiger partial charge in [-0.2, -0.15) is 0 Å². The summed E-state index contributed by atoms with van der Waals surface area (Å²) in [7, 11) is 1.68. The Bertz CT molecular complexity index is 1050. The van der Waals surface area contributed by atoms with E-state index < -0.39 is 0 Å². The number of aryl methyl sites for hydroxylation is 2. The van der Waals surface area contributed by atoms with E-state index in [1.165, 1.54) is 16.7 Å². The Morgan fingerprint density at radius 3 is 2.75 bits per heavy atom. The first kappa shape index (κ1) is 22.1. The van der Waals surface area contributed by atoms with Crippen LogP contribution < -0.4 is 4.74 Å². The largest absolute Gasteiger partial charge is 0.496 e. The van der Waals surface area contributed by atoms with Crippen molar-refractivity contribution >= 4 is 5.91 Å². The second kappa shape index (κ2) is 10.4. The first-order valence-corrected chi connectivity index (χ1v) is 11.5. The van der Waals surface area contributed by atoms with Crippen molar-refractivity contribution in [2.24, 2.45) is 0 Å².